The predicted molar refractivity (Wildman–Crippen MR) is 157 cm³/mol. The van der Waals surface area contributed by atoms with Gasteiger partial charge in [-0.05, 0) is 93.9 Å². The van der Waals surface area contributed by atoms with Crippen LogP contribution in [0.1, 0.15) is 81.2 Å². The van der Waals surface area contributed by atoms with Gasteiger partial charge in [-0.1, -0.05) is 25.4 Å². The van der Waals surface area contributed by atoms with Crippen LogP contribution in [0.15, 0.2) is 23.0 Å². The number of benzene rings is 1. The van der Waals surface area contributed by atoms with Gasteiger partial charge in [0.1, 0.15) is 12.2 Å². The molecule has 0 aliphatic carbocycles. The van der Waals surface area contributed by atoms with E-state index >= 15 is 0 Å². The third-order valence-electron chi connectivity index (χ3n) is 9.03. The summed E-state index contributed by atoms with van der Waals surface area (Å²) in [5.41, 5.74) is 5.93. The molecular formula is C32H38ClN3O4. The van der Waals surface area contributed by atoms with E-state index in [1.165, 1.54) is 18.4 Å². The lowest BCUT2D eigenvalue weighted by Crippen LogP contribution is -2.37. The highest BCUT2D eigenvalue weighted by Crippen LogP contribution is 2.43. The van der Waals surface area contributed by atoms with Gasteiger partial charge in [0.15, 0.2) is 0 Å². The first-order valence-electron chi connectivity index (χ1n) is 14.5. The molecule has 1 saturated heterocycles. The van der Waals surface area contributed by atoms with Crippen LogP contribution in [-0.4, -0.2) is 39.6 Å². The fraction of sp³-hybridized carbons (Fsp3) is 0.531. The number of cyclic esters (lactones) is 1. The van der Waals surface area contributed by atoms with E-state index in [4.69, 9.17) is 26.1 Å². The van der Waals surface area contributed by atoms with Crippen molar-refractivity contribution < 1.29 is 14.3 Å². The second kappa shape index (κ2) is 10.3. The van der Waals surface area contributed by atoms with Gasteiger partial charge >= 0.3 is 5.97 Å². The average molecular weight is 564 g/mol. The Balaban J connectivity index is 1.57. The first kappa shape index (κ1) is 27.4. The van der Waals surface area contributed by atoms with E-state index in [2.05, 4.69) is 17.9 Å². The van der Waals surface area contributed by atoms with Crippen molar-refractivity contribution in [3.8, 4) is 11.4 Å². The van der Waals surface area contributed by atoms with Crippen LogP contribution in [0.5, 0.6) is 0 Å². The summed E-state index contributed by atoms with van der Waals surface area (Å²) in [6.45, 7) is 13.6. The molecule has 0 spiro atoms. The molecule has 2 aromatic heterocycles. The number of hydrogen-bond donors (Lipinski definition) is 0. The highest BCUT2D eigenvalue weighted by molar-refractivity contribution is 6.32. The van der Waals surface area contributed by atoms with Crippen LogP contribution in [0, 0.1) is 12.8 Å². The standard InChI is InChI=1S/C32H38ClN3O4/c1-6-32(40-18(2)3)14-29(37)39-17-24-25(32)12-28-30-23(16-36(28)31(24)38)22(15-35-9-7-19(4)8-10-35)21-11-20(5)26(33)13-27(21)34-30/h11-13,18-19H,6-10,14-17H2,1-5H3. The summed E-state index contributed by atoms with van der Waals surface area (Å²) in [5, 5.41) is 1.78. The van der Waals surface area contributed by atoms with Crippen molar-refractivity contribution in [2.45, 2.75) is 91.7 Å². The van der Waals surface area contributed by atoms with Gasteiger partial charge in [-0.25, -0.2) is 4.98 Å². The van der Waals surface area contributed by atoms with Crippen LogP contribution in [0.25, 0.3) is 22.3 Å². The number of nitrogens with zero attached hydrogens (tertiary/aromatic N) is 3. The van der Waals surface area contributed by atoms with Crippen molar-refractivity contribution in [3.05, 3.63) is 61.4 Å². The quantitative estimate of drug-likeness (QED) is 0.273. The SMILES string of the molecule is CCC1(OC(C)C)CC(=O)OCc2c1cc1n(c2=O)Cc2c-1nc1cc(Cl)c(C)cc1c2CN1CCC(C)CC1. The summed E-state index contributed by atoms with van der Waals surface area (Å²) in [7, 11) is 0. The van der Waals surface area contributed by atoms with E-state index in [1.807, 2.05) is 39.8 Å². The first-order chi connectivity index (χ1) is 19.1. The number of carbonyl (C=O) groups is 1. The van der Waals surface area contributed by atoms with Crippen molar-refractivity contribution in [1.82, 2.24) is 14.5 Å². The maximum absolute atomic E-state index is 14.1. The first-order valence-corrected chi connectivity index (χ1v) is 14.9. The summed E-state index contributed by atoms with van der Waals surface area (Å²) in [6, 6.07) is 6.13. The molecule has 8 heteroatoms. The number of ether oxygens (including phenoxy) is 2. The maximum atomic E-state index is 14.1. The number of halogens is 1. The van der Waals surface area contributed by atoms with E-state index in [1.54, 1.807) is 4.57 Å². The van der Waals surface area contributed by atoms with Crippen molar-refractivity contribution >= 4 is 28.5 Å². The van der Waals surface area contributed by atoms with Crippen LogP contribution < -0.4 is 5.56 Å². The van der Waals surface area contributed by atoms with Gasteiger partial charge in [-0.3, -0.25) is 14.5 Å². The highest BCUT2D eigenvalue weighted by Gasteiger charge is 2.43. The van der Waals surface area contributed by atoms with Crippen molar-refractivity contribution in [2.24, 2.45) is 5.92 Å². The Morgan fingerprint density at radius 3 is 2.62 bits per heavy atom. The number of carbonyl (C=O) groups excluding carboxylic acids is 1. The lowest BCUT2D eigenvalue weighted by molar-refractivity contribution is -0.155. The monoisotopic (exact) mass is 563 g/mol. The van der Waals surface area contributed by atoms with Crippen molar-refractivity contribution in [3.63, 3.8) is 0 Å². The Morgan fingerprint density at radius 1 is 1.18 bits per heavy atom. The van der Waals surface area contributed by atoms with E-state index < -0.39 is 5.60 Å². The van der Waals surface area contributed by atoms with Crippen LogP contribution >= 0.6 is 11.6 Å². The maximum Gasteiger partial charge on any atom is 0.309 e. The molecule has 0 radical (unpaired) electrons. The second-order valence-electron chi connectivity index (χ2n) is 12.2. The minimum absolute atomic E-state index is 0.0458. The lowest BCUT2D eigenvalue weighted by atomic mass is 9.85. The zero-order valence-electron chi connectivity index (χ0n) is 24.1. The summed E-state index contributed by atoms with van der Waals surface area (Å²) in [5.74, 6) is 0.396. The third kappa shape index (κ3) is 4.56. The molecule has 7 nitrogen and oxygen atoms in total. The number of pyridine rings is 2. The zero-order chi connectivity index (χ0) is 28.3. The molecule has 0 bridgehead atoms. The van der Waals surface area contributed by atoms with E-state index in [0.29, 0.717) is 23.6 Å². The summed E-state index contributed by atoms with van der Waals surface area (Å²) in [4.78, 5) is 34.5. The summed E-state index contributed by atoms with van der Waals surface area (Å²) < 4.78 is 13.8. The fourth-order valence-electron chi connectivity index (χ4n) is 6.74. The molecule has 212 valence electrons. The molecule has 3 aliphatic rings. The normalized spacial score (nSPS) is 21.3. The molecule has 3 aliphatic heterocycles. The Hall–Kier alpha value is -2.74. The van der Waals surface area contributed by atoms with Crippen LogP contribution in [0.2, 0.25) is 5.02 Å². The van der Waals surface area contributed by atoms with Gasteiger partial charge in [-0.2, -0.15) is 0 Å². The number of aromatic nitrogens is 2. The van der Waals surface area contributed by atoms with Gasteiger partial charge in [0, 0.05) is 22.5 Å². The Morgan fingerprint density at radius 2 is 1.93 bits per heavy atom. The fourth-order valence-corrected chi connectivity index (χ4v) is 6.90. The molecule has 0 saturated carbocycles. The van der Waals surface area contributed by atoms with Gasteiger partial charge in [0.25, 0.3) is 5.56 Å². The predicted octanol–water partition coefficient (Wildman–Crippen LogP) is 6.10. The van der Waals surface area contributed by atoms with Gasteiger partial charge < -0.3 is 14.0 Å². The number of likely N-dealkylation sites (tertiary alicyclic amines) is 1. The molecule has 5 heterocycles. The number of fused-ring (bicyclic) bond motifs is 5. The van der Waals surface area contributed by atoms with Gasteiger partial charge in [-0.15, -0.1) is 0 Å². The molecule has 0 amide bonds. The third-order valence-corrected chi connectivity index (χ3v) is 9.44. The number of esters is 1. The minimum atomic E-state index is -0.931. The van der Waals surface area contributed by atoms with Crippen LogP contribution in [0.3, 0.4) is 0 Å². The molecular weight excluding hydrogens is 526 g/mol. The molecule has 1 unspecified atom stereocenters. The molecule has 6 rings (SSSR count). The van der Waals surface area contributed by atoms with Crippen molar-refractivity contribution in [2.75, 3.05) is 13.1 Å². The Labute approximate surface area is 240 Å². The average Bonchev–Trinajstić information content (AvgIpc) is 3.21. The molecule has 1 aromatic carbocycles. The van der Waals surface area contributed by atoms with E-state index in [0.717, 1.165) is 64.5 Å². The number of rotatable bonds is 5. The minimum Gasteiger partial charge on any atom is -0.460 e. The smallest absolute Gasteiger partial charge is 0.309 e. The second-order valence-corrected chi connectivity index (χ2v) is 12.6. The van der Waals surface area contributed by atoms with Crippen LogP contribution in [-0.2, 0) is 39.6 Å². The van der Waals surface area contributed by atoms with Gasteiger partial charge in [0.05, 0.1) is 41.5 Å². The van der Waals surface area contributed by atoms with Gasteiger partial charge in [0.2, 0.25) is 0 Å². The molecule has 1 atom stereocenters. The summed E-state index contributed by atoms with van der Waals surface area (Å²) >= 11 is 6.59. The number of piperidine rings is 1. The zero-order valence-corrected chi connectivity index (χ0v) is 24.9. The van der Waals surface area contributed by atoms with Crippen LogP contribution in [0.4, 0.5) is 0 Å². The van der Waals surface area contributed by atoms with E-state index in [9.17, 15) is 9.59 Å². The molecule has 3 aromatic rings. The van der Waals surface area contributed by atoms with E-state index in [-0.39, 0.29) is 30.7 Å². The molecule has 40 heavy (non-hydrogen) atoms. The Bertz CT molecular complexity index is 1570. The number of hydrogen-bond acceptors (Lipinski definition) is 6. The Kier molecular flexibility index (Phi) is 7.04. The summed E-state index contributed by atoms with van der Waals surface area (Å²) in [6.07, 6.45) is 2.87. The lowest BCUT2D eigenvalue weighted by Gasteiger charge is -2.34. The number of aryl methyl sites for hydroxylation is 1. The molecule has 1 fully saturated rings. The highest BCUT2D eigenvalue weighted by atomic mass is 35.5. The topological polar surface area (TPSA) is 73.7 Å². The largest absolute Gasteiger partial charge is 0.460 e. The molecule has 0 N–H and O–H groups in total. The van der Waals surface area contributed by atoms with Crippen molar-refractivity contribution in [1.29, 1.82) is 0 Å².